The van der Waals surface area contributed by atoms with Crippen molar-refractivity contribution in [3.05, 3.63) is 53.6 Å². The number of nitrogens with one attached hydrogen (secondary N) is 1. The second-order valence-electron chi connectivity index (χ2n) is 7.88. The summed E-state index contributed by atoms with van der Waals surface area (Å²) in [5, 5.41) is 2.77. The summed E-state index contributed by atoms with van der Waals surface area (Å²) in [5.41, 5.74) is 4.68. The van der Waals surface area contributed by atoms with Gasteiger partial charge in [0.2, 0.25) is 5.91 Å². The van der Waals surface area contributed by atoms with E-state index in [1.165, 1.54) is 12.0 Å². The maximum absolute atomic E-state index is 13.6. The quantitative estimate of drug-likeness (QED) is 0.728. The van der Waals surface area contributed by atoms with Crippen LogP contribution in [0, 0.1) is 0 Å². The molecule has 0 saturated carbocycles. The number of nitrogens with zero attached hydrogens (tertiary/aromatic N) is 2. The average Bonchev–Trinajstić information content (AvgIpc) is 2.91. The number of anilines is 3. The van der Waals surface area contributed by atoms with Gasteiger partial charge in [-0.2, -0.15) is 0 Å². The molecule has 1 N–H and O–H groups in total. The molecule has 4 rings (SSSR count). The SMILES string of the molecule is CCOC(=O)Nc1ccc2c(c1)N(C(=O)CN1CCCCC1)c1ccccc1CC2.Cl. The maximum atomic E-state index is 13.6. The van der Waals surface area contributed by atoms with Gasteiger partial charge in [-0.25, -0.2) is 4.79 Å². The fourth-order valence-electron chi connectivity index (χ4n) is 4.33. The third kappa shape index (κ3) is 5.38. The van der Waals surface area contributed by atoms with Gasteiger partial charge in [0.25, 0.3) is 0 Å². The highest BCUT2D eigenvalue weighted by atomic mass is 35.5. The summed E-state index contributed by atoms with van der Waals surface area (Å²) < 4.78 is 5.01. The Kier molecular flexibility index (Phi) is 7.93. The normalized spacial score (nSPS) is 15.7. The van der Waals surface area contributed by atoms with Crippen LogP contribution < -0.4 is 10.2 Å². The van der Waals surface area contributed by atoms with Crippen molar-refractivity contribution < 1.29 is 14.3 Å². The molecule has 2 amide bonds. The van der Waals surface area contributed by atoms with E-state index in [9.17, 15) is 9.59 Å². The summed E-state index contributed by atoms with van der Waals surface area (Å²) in [6.07, 6.45) is 4.77. The van der Waals surface area contributed by atoms with Crippen molar-refractivity contribution in [3.63, 3.8) is 0 Å². The van der Waals surface area contributed by atoms with E-state index in [2.05, 4.69) is 16.3 Å². The zero-order valence-electron chi connectivity index (χ0n) is 17.9. The van der Waals surface area contributed by atoms with E-state index < -0.39 is 6.09 Å². The van der Waals surface area contributed by atoms with Crippen molar-refractivity contribution in [2.75, 3.05) is 36.5 Å². The van der Waals surface area contributed by atoms with E-state index in [4.69, 9.17) is 4.74 Å². The monoisotopic (exact) mass is 443 g/mol. The second kappa shape index (κ2) is 10.6. The number of fused-ring (bicyclic) bond motifs is 2. The first kappa shape index (κ1) is 23.1. The summed E-state index contributed by atoms with van der Waals surface area (Å²) in [7, 11) is 0. The molecule has 2 aliphatic heterocycles. The first-order valence-corrected chi connectivity index (χ1v) is 10.9. The molecule has 1 fully saturated rings. The number of carbonyl (C=O) groups is 2. The molecule has 0 unspecified atom stereocenters. The van der Waals surface area contributed by atoms with Crippen LogP contribution in [0.15, 0.2) is 42.5 Å². The lowest BCUT2D eigenvalue weighted by atomic mass is 10.0. The van der Waals surface area contributed by atoms with Crippen LogP contribution in [0.5, 0.6) is 0 Å². The van der Waals surface area contributed by atoms with Crippen LogP contribution in [0.3, 0.4) is 0 Å². The predicted octanol–water partition coefficient (Wildman–Crippen LogP) is 4.93. The van der Waals surface area contributed by atoms with Crippen LogP contribution in [0.4, 0.5) is 21.9 Å². The van der Waals surface area contributed by atoms with Crippen molar-refractivity contribution >= 4 is 41.5 Å². The molecule has 0 spiro atoms. The average molecular weight is 444 g/mol. The van der Waals surface area contributed by atoms with Gasteiger partial charge in [-0.1, -0.05) is 30.7 Å². The number of hydrogen-bond donors (Lipinski definition) is 1. The predicted molar refractivity (Wildman–Crippen MR) is 126 cm³/mol. The number of hydrogen-bond acceptors (Lipinski definition) is 4. The van der Waals surface area contributed by atoms with Crippen LogP contribution in [0.25, 0.3) is 0 Å². The topological polar surface area (TPSA) is 61.9 Å². The molecule has 166 valence electrons. The van der Waals surface area contributed by atoms with Crippen LogP contribution >= 0.6 is 12.4 Å². The van der Waals surface area contributed by atoms with Gasteiger partial charge in [-0.05, 0) is 75.0 Å². The Labute approximate surface area is 190 Å². The minimum absolute atomic E-state index is 0. The lowest BCUT2D eigenvalue weighted by Gasteiger charge is -2.30. The van der Waals surface area contributed by atoms with Crippen molar-refractivity contribution in [1.29, 1.82) is 0 Å². The number of aryl methyl sites for hydroxylation is 2. The molecule has 0 aromatic heterocycles. The number of amides is 2. The molecular formula is C24H30ClN3O3. The fourth-order valence-corrected chi connectivity index (χ4v) is 4.33. The number of carbonyl (C=O) groups excluding carboxylic acids is 2. The number of ether oxygens (including phenoxy) is 1. The van der Waals surface area contributed by atoms with Gasteiger partial charge in [0, 0.05) is 5.69 Å². The molecule has 0 aliphatic carbocycles. The zero-order chi connectivity index (χ0) is 20.9. The first-order valence-electron chi connectivity index (χ1n) is 10.9. The second-order valence-corrected chi connectivity index (χ2v) is 7.88. The highest BCUT2D eigenvalue weighted by molar-refractivity contribution is 6.04. The van der Waals surface area contributed by atoms with Crippen LogP contribution in [-0.2, 0) is 22.4 Å². The van der Waals surface area contributed by atoms with E-state index in [0.29, 0.717) is 18.8 Å². The van der Waals surface area contributed by atoms with Crippen molar-refractivity contribution in [1.82, 2.24) is 4.90 Å². The molecule has 0 radical (unpaired) electrons. The van der Waals surface area contributed by atoms with Crippen LogP contribution in [0.2, 0.25) is 0 Å². The minimum atomic E-state index is -0.488. The van der Waals surface area contributed by atoms with E-state index in [1.807, 2.05) is 41.3 Å². The van der Waals surface area contributed by atoms with Gasteiger partial charge in [0.05, 0.1) is 24.5 Å². The Bertz CT molecular complexity index is 928. The molecule has 2 aliphatic rings. The maximum Gasteiger partial charge on any atom is 0.411 e. The Morgan fingerprint density at radius 1 is 0.968 bits per heavy atom. The number of rotatable bonds is 4. The summed E-state index contributed by atoms with van der Waals surface area (Å²) in [5.74, 6) is 0.0702. The molecule has 6 nitrogen and oxygen atoms in total. The Hall–Kier alpha value is -2.57. The van der Waals surface area contributed by atoms with Crippen molar-refractivity contribution in [2.45, 2.75) is 39.0 Å². The number of likely N-dealkylation sites (tertiary alicyclic amines) is 1. The molecule has 0 bridgehead atoms. The van der Waals surface area contributed by atoms with Gasteiger partial charge < -0.3 is 4.74 Å². The number of halogens is 1. The van der Waals surface area contributed by atoms with E-state index in [-0.39, 0.29) is 18.3 Å². The molecule has 2 aromatic rings. The molecule has 1 saturated heterocycles. The van der Waals surface area contributed by atoms with Gasteiger partial charge >= 0.3 is 6.09 Å². The van der Waals surface area contributed by atoms with E-state index in [0.717, 1.165) is 55.7 Å². The van der Waals surface area contributed by atoms with Gasteiger partial charge in [-0.15, -0.1) is 12.4 Å². The minimum Gasteiger partial charge on any atom is -0.450 e. The van der Waals surface area contributed by atoms with Gasteiger partial charge in [-0.3, -0.25) is 19.9 Å². The third-order valence-electron chi connectivity index (χ3n) is 5.80. The van der Waals surface area contributed by atoms with Crippen LogP contribution in [-0.4, -0.2) is 43.1 Å². The Morgan fingerprint density at radius 2 is 1.68 bits per heavy atom. The molecule has 7 heteroatoms. The van der Waals surface area contributed by atoms with Crippen molar-refractivity contribution in [3.8, 4) is 0 Å². The van der Waals surface area contributed by atoms with Gasteiger partial charge in [0.15, 0.2) is 0 Å². The summed E-state index contributed by atoms with van der Waals surface area (Å²) in [6.45, 7) is 4.43. The summed E-state index contributed by atoms with van der Waals surface area (Å²) >= 11 is 0. The zero-order valence-corrected chi connectivity index (χ0v) is 18.7. The highest BCUT2D eigenvalue weighted by Crippen LogP contribution is 2.37. The fraction of sp³-hybridized carbons (Fsp3) is 0.417. The lowest BCUT2D eigenvalue weighted by molar-refractivity contribution is -0.119. The number of benzene rings is 2. The van der Waals surface area contributed by atoms with Gasteiger partial charge in [0.1, 0.15) is 0 Å². The largest absolute Gasteiger partial charge is 0.450 e. The standard InChI is InChI=1S/C24H29N3O3.ClH/c1-2-30-24(29)25-20-13-12-19-11-10-18-8-4-5-9-21(18)27(22(19)16-20)23(28)17-26-14-6-3-7-15-26;/h4-5,8-9,12-13,16H,2-3,6-7,10-11,14-15,17H2,1H3,(H,25,29);1H. The number of para-hydroxylation sites is 1. The van der Waals surface area contributed by atoms with E-state index in [1.54, 1.807) is 6.92 Å². The molecule has 31 heavy (non-hydrogen) atoms. The Morgan fingerprint density at radius 3 is 2.42 bits per heavy atom. The van der Waals surface area contributed by atoms with Crippen molar-refractivity contribution in [2.24, 2.45) is 0 Å². The summed E-state index contributed by atoms with van der Waals surface area (Å²) in [4.78, 5) is 29.6. The molecule has 0 atom stereocenters. The smallest absolute Gasteiger partial charge is 0.411 e. The Balaban J connectivity index is 0.00000272. The number of piperidine rings is 1. The first-order chi connectivity index (χ1) is 14.7. The third-order valence-corrected chi connectivity index (χ3v) is 5.80. The van der Waals surface area contributed by atoms with E-state index >= 15 is 0 Å². The van der Waals surface area contributed by atoms with Crippen LogP contribution in [0.1, 0.15) is 37.3 Å². The molecular weight excluding hydrogens is 414 g/mol. The lowest BCUT2D eigenvalue weighted by Crippen LogP contribution is -2.40. The highest BCUT2D eigenvalue weighted by Gasteiger charge is 2.27. The molecule has 2 heterocycles. The summed E-state index contributed by atoms with van der Waals surface area (Å²) in [6, 6.07) is 13.9. The molecule has 2 aromatic carbocycles.